The zero-order valence-electron chi connectivity index (χ0n) is 14.5. The van der Waals surface area contributed by atoms with Crippen LogP contribution < -0.4 is 5.32 Å². The fraction of sp³-hybridized carbons (Fsp3) is 1.00. The highest BCUT2D eigenvalue weighted by atomic mass is 16.5. The van der Waals surface area contributed by atoms with E-state index in [0.717, 1.165) is 19.2 Å². The van der Waals surface area contributed by atoms with Crippen LogP contribution in [0.2, 0.25) is 0 Å². The Morgan fingerprint density at radius 1 is 1.14 bits per heavy atom. The van der Waals surface area contributed by atoms with Crippen molar-refractivity contribution in [1.29, 1.82) is 0 Å². The molecule has 2 rings (SSSR count). The summed E-state index contributed by atoms with van der Waals surface area (Å²) >= 11 is 0. The molecular weight excluding hydrogens is 260 g/mol. The molecule has 0 saturated heterocycles. The Morgan fingerprint density at radius 2 is 1.81 bits per heavy atom. The average Bonchev–Trinajstić information content (AvgIpc) is 3.29. The smallest absolute Gasteiger partial charge is 0.0589 e. The summed E-state index contributed by atoms with van der Waals surface area (Å²) in [5.41, 5.74) is 0.497. The van der Waals surface area contributed by atoms with E-state index in [4.69, 9.17) is 4.74 Å². The first-order valence-corrected chi connectivity index (χ1v) is 9.12. The van der Waals surface area contributed by atoms with Crippen molar-refractivity contribution in [3.63, 3.8) is 0 Å². The number of ether oxygens (including phenoxy) is 1. The van der Waals surface area contributed by atoms with Crippen LogP contribution in [0.15, 0.2) is 0 Å². The highest BCUT2D eigenvalue weighted by Crippen LogP contribution is 2.38. The maximum atomic E-state index is 5.34. The predicted molar refractivity (Wildman–Crippen MR) is 89.7 cm³/mol. The maximum Gasteiger partial charge on any atom is 0.0589 e. The number of methoxy groups -OCH3 is 1. The van der Waals surface area contributed by atoms with E-state index in [-0.39, 0.29) is 0 Å². The van der Waals surface area contributed by atoms with E-state index in [9.17, 15) is 0 Å². The highest BCUT2D eigenvalue weighted by Gasteiger charge is 2.37. The second kappa shape index (κ2) is 8.50. The molecule has 0 spiro atoms. The van der Waals surface area contributed by atoms with Crippen LogP contribution in [0.4, 0.5) is 0 Å². The topological polar surface area (TPSA) is 24.5 Å². The second-order valence-electron chi connectivity index (χ2n) is 7.64. The molecule has 0 aromatic heterocycles. The number of hydrogen-bond donors (Lipinski definition) is 1. The molecule has 21 heavy (non-hydrogen) atoms. The normalized spacial score (nSPS) is 22.7. The van der Waals surface area contributed by atoms with Crippen LogP contribution in [-0.4, -0.2) is 50.3 Å². The molecule has 0 atom stereocenters. The zero-order chi connectivity index (χ0) is 15.1. The van der Waals surface area contributed by atoms with Gasteiger partial charge in [0.1, 0.15) is 0 Å². The van der Waals surface area contributed by atoms with Gasteiger partial charge >= 0.3 is 0 Å². The standard InChI is InChI=1S/C18H36N2O/c1-16(2)19-14-18(10-6-4-5-7-11-18)15-20(12-13-21-3)17-8-9-17/h16-17,19H,4-15H2,1-3H3. The van der Waals surface area contributed by atoms with Gasteiger partial charge in [-0.1, -0.05) is 39.5 Å². The molecule has 2 fully saturated rings. The van der Waals surface area contributed by atoms with E-state index in [2.05, 4.69) is 24.1 Å². The predicted octanol–water partition coefficient (Wildman–Crippen LogP) is 3.44. The summed E-state index contributed by atoms with van der Waals surface area (Å²) < 4.78 is 5.34. The maximum absolute atomic E-state index is 5.34. The van der Waals surface area contributed by atoms with E-state index in [1.807, 2.05) is 7.11 Å². The number of nitrogens with zero attached hydrogens (tertiary/aromatic N) is 1. The van der Waals surface area contributed by atoms with Crippen molar-refractivity contribution in [2.24, 2.45) is 5.41 Å². The molecule has 1 N–H and O–H groups in total. The van der Waals surface area contributed by atoms with Crippen LogP contribution in [0, 0.1) is 5.41 Å². The summed E-state index contributed by atoms with van der Waals surface area (Å²) in [5.74, 6) is 0. The Hall–Kier alpha value is -0.120. The lowest BCUT2D eigenvalue weighted by Crippen LogP contribution is -2.47. The van der Waals surface area contributed by atoms with Gasteiger partial charge in [-0.2, -0.15) is 0 Å². The molecule has 0 radical (unpaired) electrons. The largest absolute Gasteiger partial charge is 0.383 e. The summed E-state index contributed by atoms with van der Waals surface area (Å²) in [6.07, 6.45) is 11.3. The Bertz CT molecular complexity index is 281. The monoisotopic (exact) mass is 296 g/mol. The van der Waals surface area contributed by atoms with Crippen LogP contribution in [0.25, 0.3) is 0 Å². The van der Waals surface area contributed by atoms with E-state index >= 15 is 0 Å². The fourth-order valence-corrected chi connectivity index (χ4v) is 3.76. The minimum atomic E-state index is 0.497. The Kier molecular flexibility index (Phi) is 6.97. The first-order valence-electron chi connectivity index (χ1n) is 9.12. The Balaban J connectivity index is 1.98. The second-order valence-corrected chi connectivity index (χ2v) is 7.64. The molecule has 3 nitrogen and oxygen atoms in total. The molecule has 0 heterocycles. The molecule has 0 aliphatic heterocycles. The first-order chi connectivity index (χ1) is 10.2. The van der Waals surface area contributed by atoms with Crippen molar-refractivity contribution >= 4 is 0 Å². The molecule has 0 unspecified atom stereocenters. The van der Waals surface area contributed by atoms with Gasteiger partial charge in [0.2, 0.25) is 0 Å². The van der Waals surface area contributed by atoms with Crippen molar-refractivity contribution in [3.05, 3.63) is 0 Å². The first kappa shape index (κ1) is 17.2. The summed E-state index contributed by atoms with van der Waals surface area (Å²) in [5, 5.41) is 3.75. The van der Waals surface area contributed by atoms with Crippen LogP contribution in [-0.2, 0) is 4.74 Å². The molecule has 2 aliphatic carbocycles. The van der Waals surface area contributed by atoms with Gasteiger partial charge in [0, 0.05) is 38.8 Å². The Labute approximate surface area is 131 Å². The molecule has 124 valence electrons. The van der Waals surface area contributed by atoms with Gasteiger partial charge in [0.05, 0.1) is 6.61 Å². The lowest BCUT2D eigenvalue weighted by atomic mass is 9.79. The lowest BCUT2D eigenvalue weighted by molar-refractivity contribution is 0.0872. The minimum absolute atomic E-state index is 0.497. The quantitative estimate of drug-likeness (QED) is 0.660. The fourth-order valence-electron chi connectivity index (χ4n) is 3.76. The van der Waals surface area contributed by atoms with Gasteiger partial charge in [0.25, 0.3) is 0 Å². The van der Waals surface area contributed by atoms with E-state index < -0.39 is 0 Å². The van der Waals surface area contributed by atoms with Crippen molar-refractivity contribution in [3.8, 4) is 0 Å². The average molecular weight is 296 g/mol. The minimum Gasteiger partial charge on any atom is -0.383 e. The molecule has 2 aliphatic rings. The Morgan fingerprint density at radius 3 is 2.33 bits per heavy atom. The summed E-state index contributed by atoms with van der Waals surface area (Å²) in [7, 11) is 1.83. The third kappa shape index (κ3) is 5.88. The number of rotatable bonds is 9. The lowest BCUT2D eigenvalue weighted by Gasteiger charge is -2.39. The summed E-state index contributed by atoms with van der Waals surface area (Å²) in [6, 6.07) is 1.44. The molecule has 3 heteroatoms. The molecule has 0 aromatic carbocycles. The highest BCUT2D eigenvalue weighted by molar-refractivity contribution is 4.92. The third-order valence-corrected chi connectivity index (χ3v) is 5.23. The van der Waals surface area contributed by atoms with Crippen LogP contribution in [0.5, 0.6) is 0 Å². The van der Waals surface area contributed by atoms with Crippen LogP contribution >= 0.6 is 0 Å². The van der Waals surface area contributed by atoms with Gasteiger partial charge in [-0.3, -0.25) is 4.90 Å². The summed E-state index contributed by atoms with van der Waals surface area (Å²) in [4.78, 5) is 2.73. The van der Waals surface area contributed by atoms with E-state index in [1.165, 1.54) is 64.5 Å². The van der Waals surface area contributed by atoms with Crippen molar-refractivity contribution in [1.82, 2.24) is 10.2 Å². The van der Waals surface area contributed by atoms with Gasteiger partial charge in [-0.25, -0.2) is 0 Å². The zero-order valence-corrected chi connectivity index (χ0v) is 14.5. The van der Waals surface area contributed by atoms with Gasteiger partial charge in [0.15, 0.2) is 0 Å². The van der Waals surface area contributed by atoms with Crippen molar-refractivity contribution in [2.45, 2.75) is 77.3 Å². The van der Waals surface area contributed by atoms with Crippen LogP contribution in [0.3, 0.4) is 0 Å². The van der Waals surface area contributed by atoms with Gasteiger partial charge in [-0.05, 0) is 31.1 Å². The molecule has 0 amide bonds. The summed E-state index contributed by atoms with van der Waals surface area (Å²) in [6.45, 7) is 9.01. The van der Waals surface area contributed by atoms with Gasteiger partial charge < -0.3 is 10.1 Å². The van der Waals surface area contributed by atoms with Crippen molar-refractivity contribution < 1.29 is 4.74 Å². The van der Waals surface area contributed by atoms with Gasteiger partial charge in [-0.15, -0.1) is 0 Å². The molecule has 0 bridgehead atoms. The molecule has 0 aromatic rings. The number of nitrogens with one attached hydrogen (secondary N) is 1. The van der Waals surface area contributed by atoms with E-state index in [1.54, 1.807) is 0 Å². The van der Waals surface area contributed by atoms with Crippen LogP contribution in [0.1, 0.15) is 65.2 Å². The number of hydrogen-bond acceptors (Lipinski definition) is 3. The molecular formula is C18H36N2O. The third-order valence-electron chi connectivity index (χ3n) is 5.23. The SMILES string of the molecule is COCCN(CC1(CNC(C)C)CCCCCC1)C1CC1. The molecule has 2 saturated carbocycles. The van der Waals surface area contributed by atoms with Crippen molar-refractivity contribution in [2.75, 3.05) is 33.4 Å². The van der Waals surface area contributed by atoms with E-state index in [0.29, 0.717) is 11.5 Å².